The molecule has 0 aliphatic carbocycles. The van der Waals surface area contributed by atoms with Gasteiger partial charge in [0.1, 0.15) is 11.8 Å². The summed E-state index contributed by atoms with van der Waals surface area (Å²) >= 11 is 0. The average molecular weight is 535 g/mol. The molecule has 0 aliphatic rings. The van der Waals surface area contributed by atoms with E-state index in [1.165, 1.54) is 13.5 Å². The fourth-order valence-electron chi connectivity index (χ4n) is 3.04. The lowest BCUT2D eigenvalue weighted by atomic mass is 10.1. The van der Waals surface area contributed by atoms with E-state index in [-0.39, 0.29) is 37.3 Å². The molecule has 212 valence electrons. The van der Waals surface area contributed by atoms with E-state index >= 15 is 0 Å². The average Bonchev–Trinajstić information content (AvgIpc) is 2.86. The maximum Gasteiger partial charge on any atom is 0.328 e. The Bertz CT molecular complexity index is 985. The van der Waals surface area contributed by atoms with Crippen molar-refractivity contribution >= 4 is 35.2 Å². The number of esters is 2. The molecule has 0 fully saturated rings. The highest BCUT2D eigenvalue weighted by atomic mass is 16.5. The zero-order chi connectivity index (χ0) is 29.1. The Morgan fingerprint density at radius 3 is 2.21 bits per heavy atom. The number of carbonyl (C=O) groups excluding carboxylic acids is 4. The Morgan fingerprint density at radius 1 is 1.03 bits per heavy atom. The van der Waals surface area contributed by atoms with E-state index in [0.717, 1.165) is 0 Å². The molecule has 0 heterocycles. The van der Waals surface area contributed by atoms with E-state index in [1.54, 1.807) is 52.0 Å². The number of carbonyl (C=O) groups is 4. The lowest BCUT2D eigenvalue weighted by Crippen LogP contribution is -2.47. The van der Waals surface area contributed by atoms with Gasteiger partial charge in [-0.25, -0.2) is 4.79 Å². The van der Waals surface area contributed by atoms with Gasteiger partial charge in [0.2, 0.25) is 5.91 Å². The Labute approximate surface area is 225 Å². The minimum Gasteiger partial charge on any atom is -0.497 e. The first-order valence-corrected chi connectivity index (χ1v) is 12.6. The van der Waals surface area contributed by atoms with Crippen LogP contribution in [0.5, 0.6) is 5.75 Å². The first-order valence-electron chi connectivity index (χ1n) is 12.6. The van der Waals surface area contributed by atoms with Crippen molar-refractivity contribution in [1.82, 2.24) is 10.6 Å². The molecule has 4 N–H and O–H groups in total. The Morgan fingerprint density at radius 2 is 1.66 bits per heavy atom. The molecule has 0 aliphatic heterocycles. The van der Waals surface area contributed by atoms with Crippen molar-refractivity contribution in [2.45, 2.75) is 66.8 Å². The second kappa shape index (κ2) is 19.3. The molecule has 1 aromatic carbocycles. The maximum atomic E-state index is 12.8. The maximum absolute atomic E-state index is 12.8. The van der Waals surface area contributed by atoms with Gasteiger partial charge in [0.05, 0.1) is 43.8 Å². The summed E-state index contributed by atoms with van der Waals surface area (Å²) in [7, 11) is 1.53. The number of methoxy groups -OCH3 is 1. The molecule has 1 unspecified atom stereocenters. The van der Waals surface area contributed by atoms with E-state index in [1.807, 2.05) is 0 Å². The van der Waals surface area contributed by atoms with Crippen LogP contribution in [0.25, 0.3) is 0 Å². The fourth-order valence-corrected chi connectivity index (χ4v) is 3.04. The van der Waals surface area contributed by atoms with Crippen molar-refractivity contribution in [2.75, 3.05) is 26.9 Å². The largest absolute Gasteiger partial charge is 0.497 e. The van der Waals surface area contributed by atoms with Gasteiger partial charge in [-0.3, -0.25) is 19.4 Å². The lowest BCUT2D eigenvalue weighted by molar-refractivity contribution is -0.148. The summed E-state index contributed by atoms with van der Waals surface area (Å²) in [4.78, 5) is 53.4. The third kappa shape index (κ3) is 13.4. The topological polar surface area (TPSA) is 158 Å². The summed E-state index contributed by atoms with van der Waals surface area (Å²) in [6.45, 7) is 10.6. The van der Waals surface area contributed by atoms with Crippen LogP contribution in [0.15, 0.2) is 40.5 Å². The van der Waals surface area contributed by atoms with E-state index in [2.05, 4.69) is 29.5 Å². The third-order valence-corrected chi connectivity index (χ3v) is 4.59. The van der Waals surface area contributed by atoms with E-state index in [4.69, 9.17) is 19.9 Å². The second-order valence-corrected chi connectivity index (χ2v) is 8.06. The zero-order valence-corrected chi connectivity index (χ0v) is 23.5. The van der Waals surface area contributed by atoms with E-state index in [0.29, 0.717) is 17.1 Å². The molecule has 38 heavy (non-hydrogen) atoms. The van der Waals surface area contributed by atoms with Crippen LogP contribution in [-0.2, 0) is 28.7 Å². The standard InChI is InChI=1S/C24H34N4O7.C3H8/c1-6-34-21(30)12-11-19(24(32)35-7-2)28-20(29)14-26-23(31)22(15(3)25)16(4)27-17-9-8-10-18(13-17)33-5;1-3-2/h8-10,13,19H,6-7,11-12,14,25H2,1-5H3,(H,26,31)(H,28,29);3H2,1-2H3/b22-15+,27-16?;. The van der Waals surface area contributed by atoms with Crippen molar-refractivity contribution in [3.05, 3.63) is 35.5 Å². The van der Waals surface area contributed by atoms with Gasteiger partial charge in [0, 0.05) is 18.2 Å². The number of hydrogen-bond donors (Lipinski definition) is 3. The van der Waals surface area contributed by atoms with Gasteiger partial charge >= 0.3 is 11.9 Å². The molecule has 2 amide bonds. The number of hydrogen-bond acceptors (Lipinski definition) is 9. The van der Waals surface area contributed by atoms with Crippen LogP contribution in [0.2, 0.25) is 0 Å². The van der Waals surface area contributed by atoms with Crippen LogP contribution in [0.1, 0.15) is 60.8 Å². The Hall–Kier alpha value is -3.89. The molecule has 1 rings (SSSR count). The van der Waals surface area contributed by atoms with E-state index in [9.17, 15) is 19.2 Å². The van der Waals surface area contributed by atoms with Gasteiger partial charge in [-0.15, -0.1) is 0 Å². The highest BCUT2D eigenvalue weighted by molar-refractivity contribution is 6.22. The van der Waals surface area contributed by atoms with Crippen molar-refractivity contribution in [1.29, 1.82) is 0 Å². The summed E-state index contributed by atoms with van der Waals surface area (Å²) in [6.07, 6.45) is 1.17. The summed E-state index contributed by atoms with van der Waals surface area (Å²) in [5.41, 5.74) is 7.14. The monoisotopic (exact) mass is 534 g/mol. The van der Waals surface area contributed by atoms with Crippen molar-refractivity contribution in [2.24, 2.45) is 10.7 Å². The summed E-state index contributed by atoms with van der Waals surface area (Å²) in [5, 5.41) is 4.95. The fraction of sp³-hybridized carbons (Fsp3) is 0.519. The SMILES string of the molecule is CCC.CCOC(=O)CCC(NC(=O)CNC(=O)/C(C(C)=Nc1cccc(OC)c1)=C(\C)N)C(=O)OCC. The number of nitrogens with one attached hydrogen (secondary N) is 2. The van der Waals surface area contributed by atoms with Gasteiger partial charge in [-0.2, -0.15) is 0 Å². The zero-order valence-electron chi connectivity index (χ0n) is 23.5. The quantitative estimate of drug-likeness (QED) is 0.198. The molecular weight excluding hydrogens is 492 g/mol. The number of allylic oxidation sites excluding steroid dienone is 1. The van der Waals surface area contributed by atoms with Gasteiger partial charge in [-0.05, 0) is 46.2 Å². The number of nitrogens with two attached hydrogens (primary N) is 1. The molecule has 0 bridgehead atoms. The molecular formula is C27H42N4O7. The van der Waals surface area contributed by atoms with Crippen LogP contribution in [0.3, 0.4) is 0 Å². The highest BCUT2D eigenvalue weighted by Gasteiger charge is 2.24. The first-order chi connectivity index (χ1) is 18.0. The lowest BCUT2D eigenvalue weighted by Gasteiger charge is -2.17. The number of nitrogens with zero attached hydrogens (tertiary/aromatic N) is 1. The van der Waals surface area contributed by atoms with Crippen molar-refractivity contribution in [3.8, 4) is 5.75 Å². The first kappa shape index (κ1) is 34.1. The number of ether oxygens (including phenoxy) is 3. The van der Waals surface area contributed by atoms with Crippen LogP contribution >= 0.6 is 0 Å². The molecule has 0 saturated carbocycles. The molecule has 1 aromatic rings. The Kier molecular flexibility index (Phi) is 17.3. The number of amides is 2. The molecule has 0 aromatic heterocycles. The summed E-state index contributed by atoms with van der Waals surface area (Å²) in [5.74, 6) is -1.83. The van der Waals surface area contributed by atoms with Gasteiger partial charge in [0.25, 0.3) is 5.91 Å². The van der Waals surface area contributed by atoms with Gasteiger partial charge in [0.15, 0.2) is 0 Å². The minimum absolute atomic E-state index is 0.00326. The highest BCUT2D eigenvalue weighted by Crippen LogP contribution is 2.21. The predicted octanol–water partition coefficient (Wildman–Crippen LogP) is 2.94. The molecule has 0 spiro atoms. The van der Waals surface area contributed by atoms with Crippen molar-refractivity contribution < 1.29 is 33.4 Å². The van der Waals surface area contributed by atoms with Gasteiger partial charge in [-0.1, -0.05) is 26.3 Å². The number of benzene rings is 1. The Balaban J connectivity index is 0.00000434. The molecule has 11 nitrogen and oxygen atoms in total. The predicted molar refractivity (Wildman–Crippen MR) is 146 cm³/mol. The van der Waals surface area contributed by atoms with Crippen LogP contribution < -0.4 is 21.1 Å². The normalized spacial score (nSPS) is 12.1. The molecule has 0 saturated heterocycles. The summed E-state index contributed by atoms with van der Waals surface area (Å²) < 4.78 is 15.0. The second-order valence-electron chi connectivity index (χ2n) is 8.06. The molecule has 1 atom stereocenters. The number of rotatable bonds is 13. The molecule has 0 radical (unpaired) electrons. The van der Waals surface area contributed by atoms with Crippen LogP contribution in [-0.4, -0.2) is 62.4 Å². The minimum atomic E-state index is -1.06. The van der Waals surface area contributed by atoms with Crippen molar-refractivity contribution in [3.63, 3.8) is 0 Å². The van der Waals surface area contributed by atoms with Crippen LogP contribution in [0.4, 0.5) is 5.69 Å². The smallest absolute Gasteiger partial charge is 0.328 e. The third-order valence-electron chi connectivity index (χ3n) is 4.59. The molecule has 11 heteroatoms. The van der Waals surface area contributed by atoms with E-state index < -0.39 is 36.3 Å². The summed E-state index contributed by atoms with van der Waals surface area (Å²) in [6, 6.07) is 5.90. The number of aliphatic imine (C=N–C) groups is 1. The van der Waals surface area contributed by atoms with Gasteiger partial charge < -0.3 is 30.6 Å². The van der Waals surface area contributed by atoms with Crippen LogP contribution in [0, 0.1) is 0 Å².